The largest absolute Gasteiger partial charge is 0.212 e. The average Bonchev–Trinajstić information content (AvgIpc) is 2.51. The molecule has 0 saturated heterocycles. The van der Waals surface area contributed by atoms with E-state index in [1.807, 2.05) is 0 Å². The molecule has 3 heteroatoms. The summed E-state index contributed by atoms with van der Waals surface area (Å²) in [6, 6.07) is 0. The highest BCUT2D eigenvalue weighted by Crippen LogP contribution is 2.18. The maximum absolute atomic E-state index is 2.33. The van der Waals surface area contributed by atoms with Crippen molar-refractivity contribution in [3.05, 3.63) is 0 Å². The lowest BCUT2D eigenvalue weighted by Crippen LogP contribution is -2.05. The number of hydrogen-bond acceptors (Lipinski definition) is 0. The van der Waals surface area contributed by atoms with E-state index in [0.717, 1.165) is 35.5 Å². The molecule has 0 aliphatic rings. The van der Waals surface area contributed by atoms with Crippen LogP contribution in [0.15, 0.2) is 0 Å². The quantitative estimate of drug-likeness (QED) is 0.482. The minimum absolute atomic E-state index is 0.914. The van der Waals surface area contributed by atoms with Gasteiger partial charge >= 0.3 is 0 Å². The molecule has 0 saturated carbocycles. The van der Waals surface area contributed by atoms with Crippen LogP contribution in [-0.4, -0.2) is 48.9 Å². The Morgan fingerprint density at radius 1 is 0.458 bits per heavy atom. The van der Waals surface area contributed by atoms with Gasteiger partial charge < -0.3 is 0 Å². The van der Waals surface area contributed by atoms with Crippen molar-refractivity contribution in [1.29, 1.82) is 0 Å². The summed E-state index contributed by atoms with van der Waals surface area (Å²) in [5, 5.41) is 4.44. The van der Waals surface area contributed by atoms with Crippen molar-refractivity contribution in [2.24, 2.45) is 35.5 Å². The van der Waals surface area contributed by atoms with Crippen LogP contribution < -0.4 is 0 Å². The fraction of sp³-hybridized carbons (Fsp3) is 1.00. The van der Waals surface area contributed by atoms with Crippen molar-refractivity contribution in [2.45, 2.75) is 97.4 Å². The van der Waals surface area contributed by atoms with Gasteiger partial charge in [0.25, 0.3) is 0 Å². The lowest BCUT2D eigenvalue weighted by Gasteiger charge is -2.15. The van der Waals surface area contributed by atoms with Crippen molar-refractivity contribution in [2.75, 3.05) is 0 Å². The van der Waals surface area contributed by atoms with Crippen molar-refractivity contribution in [3.63, 3.8) is 0 Å². The number of rotatable bonds is 9. The van der Waals surface area contributed by atoms with Crippen LogP contribution in [0.2, 0.25) is 15.8 Å². The minimum atomic E-state index is 0.914. The van der Waals surface area contributed by atoms with E-state index in [2.05, 4.69) is 62.3 Å². The highest BCUT2D eigenvalue weighted by Gasteiger charge is 2.07. The molecule has 24 heavy (non-hydrogen) atoms. The first-order valence-corrected chi connectivity index (χ1v) is 15.4. The van der Waals surface area contributed by atoms with Gasteiger partial charge in [0.05, 0.1) is 0 Å². The van der Waals surface area contributed by atoms with Gasteiger partial charge in [-0.3, -0.25) is 0 Å². The Hall–Kier alpha value is 1.60. The molecule has 0 aliphatic carbocycles. The van der Waals surface area contributed by atoms with Crippen LogP contribution in [0.4, 0.5) is 0 Å². The highest BCUT2D eigenvalue weighted by atomic mass is 27.1. The summed E-state index contributed by atoms with van der Waals surface area (Å²) in [5.41, 5.74) is 0. The third-order valence-electron chi connectivity index (χ3n) is 5.97. The van der Waals surface area contributed by atoms with Gasteiger partial charge in [-0.15, -0.1) is 0 Å². The lowest BCUT2D eigenvalue weighted by molar-refractivity contribution is 0.408. The Labute approximate surface area is 181 Å². The van der Waals surface area contributed by atoms with E-state index in [4.69, 9.17) is 0 Å². The third kappa shape index (κ3) is 18.4. The molecule has 0 nitrogen and oxygen atoms in total. The van der Waals surface area contributed by atoms with Crippen LogP contribution in [0.3, 0.4) is 0 Å². The monoisotopic (exact) mass is 384 g/mol. The fourth-order valence-electron chi connectivity index (χ4n) is 3.69. The Morgan fingerprint density at radius 3 is 0.625 bits per heavy atom. The molecular formula is C21H51Al3. The zero-order valence-electron chi connectivity index (χ0n) is 19.7. The molecule has 0 fully saturated rings. The second kappa shape index (κ2) is 20.9. The second-order valence-corrected chi connectivity index (χ2v) is 10.9. The smallest absolute Gasteiger partial charge is 0.0983 e. The highest BCUT2D eigenvalue weighted by molar-refractivity contribution is 6.09. The SMILES string of the molecule is CCC([CH2][AlH2])C(C)C.CCC([CH2][AlH2])C(C)C.CCC([CH2][AlH2])C(C)C. The second-order valence-electron chi connectivity index (χ2n) is 8.46. The van der Waals surface area contributed by atoms with Gasteiger partial charge in [-0.05, 0) is 17.8 Å². The summed E-state index contributed by atoms with van der Waals surface area (Å²) < 4.78 is 0. The van der Waals surface area contributed by atoms with Crippen molar-refractivity contribution in [3.8, 4) is 0 Å². The summed E-state index contributed by atoms with van der Waals surface area (Å²) in [6.07, 6.45) is 4.13. The molecule has 0 aromatic rings. The molecule has 0 bridgehead atoms. The van der Waals surface area contributed by atoms with Gasteiger partial charge in [-0.1, -0.05) is 115 Å². The molecule has 144 valence electrons. The topological polar surface area (TPSA) is 0 Å². The van der Waals surface area contributed by atoms with Gasteiger partial charge in [0.15, 0.2) is 0 Å². The predicted molar refractivity (Wildman–Crippen MR) is 126 cm³/mol. The molecule has 3 unspecified atom stereocenters. The molecule has 3 atom stereocenters. The van der Waals surface area contributed by atoms with Crippen LogP contribution in [0.1, 0.15) is 81.6 Å². The van der Waals surface area contributed by atoms with Crippen LogP contribution in [0.5, 0.6) is 0 Å². The van der Waals surface area contributed by atoms with Gasteiger partial charge in [0, 0.05) is 0 Å². The molecule has 0 aliphatic heterocycles. The van der Waals surface area contributed by atoms with Gasteiger partial charge in [0.2, 0.25) is 48.9 Å². The third-order valence-corrected chi connectivity index (χ3v) is 9.12. The lowest BCUT2D eigenvalue weighted by atomic mass is 9.95. The first-order chi connectivity index (χ1) is 11.2. The maximum Gasteiger partial charge on any atom is 0.212 e. The molecule has 0 aromatic heterocycles. The zero-order valence-corrected chi connectivity index (χ0v) is 25.7. The Kier molecular flexibility index (Phi) is 26.4. The van der Waals surface area contributed by atoms with Gasteiger partial charge in [-0.2, -0.15) is 0 Å². The van der Waals surface area contributed by atoms with E-state index >= 15 is 0 Å². The first-order valence-electron chi connectivity index (χ1n) is 11.2. The van der Waals surface area contributed by atoms with Gasteiger partial charge in [-0.25, -0.2) is 0 Å². The Balaban J connectivity index is -0.000000276. The standard InChI is InChI=1S/3C7H15.3Al.6H/c3*1-5-7(4)6(2)3;;;;;;;;;/h3*6-7H,4-5H2,1-3H3;;;;;;;;;. The molecular weight excluding hydrogens is 333 g/mol. The summed E-state index contributed by atoms with van der Waals surface area (Å²) in [7, 11) is 0. The fourth-order valence-corrected chi connectivity index (χ4v) is 8.25. The predicted octanol–water partition coefficient (Wildman–Crippen LogP) is 5.16. The van der Waals surface area contributed by atoms with Crippen molar-refractivity contribution in [1.82, 2.24) is 0 Å². The molecule has 0 radical (unpaired) electrons. The number of hydrogen-bond donors (Lipinski definition) is 0. The summed E-state index contributed by atoms with van der Waals surface area (Å²) >= 11 is 4.14. The normalized spacial score (nSPS) is 14.5. The van der Waals surface area contributed by atoms with Gasteiger partial charge in [0.1, 0.15) is 0 Å². The van der Waals surface area contributed by atoms with E-state index in [0.29, 0.717) is 0 Å². The Morgan fingerprint density at radius 2 is 0.625 bits per heavy atom. The zero-order chi connectivity index (χ0) is 19.7. The van der Waals surface area contributed by atoms with Crippen LogP contribution in [0, 0.1) is 35.5 Å². The molecule has 0 rings (SSSR count). The molecule has 0 N–H and O–H groups in total. The summed E-state index contributed by atoms with van der Waals surface area (Å²) in [6.45, 7) is 20.8. The van der Waals surface area contributed by atoms with Crippen molar-refractivity contribution < 1.29 is 0 Å². The van der Waals surface area contributed by atoms with E-state index in [-0.39, 0.29) is 0 Å². The molecule has 0 heterocycles. The molecule has 0 amide bonds. The average molecular weight is 385 g/mol. The summed E-state index contributed by atoms with van der Waals surface area (Å²) in [5.74, 6) is 5.79. The van der Waals surface area contributed by atoms with E-state index in [1.54, 1.807) is 0 Å². The molecule has 0 spiro atoms. The maximum atomic E-state index is 2.33. The van der Waals surface area contributed by atoms with E-state index in [1.165, 1.54) is 84.0 Å². The van der Waals surface area contributed by atoms with Crippen LogP contribution >= 0.6 is 0 Å². The Bertz CT molecular complexity index is 177. The van der Waals surface area contributed by atoms with Crippen LogP contribution in [-0.2, 0) is 0 Å². The minimum Gasteiger partial charge on any atom is -0.0983 e. The van der Waals surface area contributed by atoms with E-state index < -0.39 is 0 Å². The first kappa shape index (κ1) is 30.3. The molecule has 0 aromatic carbocycles. The van der Waals surface area contributed by atoms with Crippen molar-refractivity contribution >= 4 is 48.9 Å². The van der Waals surface area contributed by atoms with Crippen LogP contribution in [0.25, 0.3) is 0 Å². The summed E-state index contributed by atoms with van der Waals surface area (Å²) in [4.78, 5) is 0. The van der Waals surface area contributed by atoms with E-state index in [9.17, 15) is 0 Å².